The van der Waals surface area contributed by atoms with Crippen LogP contribution in [0.1, 0.15) is 43.6 Å². The molecule has 2 aromatic rings. The second-order valence-electron chi connectivity index (χ2n) is 5.47. The van der Waals surface area contributed by atoms with Crippen LogP contribution in [0.15, 0.2) is 24.3 Å². The molecule has 0 radical (unpaired) electrons. The molecular weight excluding hydrogens is 258 g/mol. The summed E-state index contributed by atoms with van der Waals surface area (Å²) in [5.41, 5.74) is 5.45. The van der Waals surface area contributed by atoms with E-state index in [-0.39, 0.29) is 0 Å². The van der Waals surface area contributed by atoms with E-state index in [0.717, 1.165) is 54.3 Å². The molecule has 0 atom stereocenters. The summed E-state index contributed by atoms with van der Waals surface area (Å²) in [5, 5.41) is 3.41. The number of aryl methyl sites for hydroxylation is 3. The van der Waals surface area contributed by atoms with Gasteiger partial charge in [0.05, 0.1) is 11.4 Å². The fourth-order valence-corrected chi connectivity index (χ4v) is 2.33. The van der Waals surface area contributed by atoms with Crippen LogP contribution in [0.5, 0.6) is 0 Å². The lowest BCUT2D eigenvalue weighted by molar-refractivity contribution is 0.921. The minimum absolute atomic E-state index is 0.897. The lowest BCUT2D eigenvalue weighted by Crippen LogP contribution is -2.07. The largest absolute Gasteiger partial charge is 0.368 e. The number of hydrogen-bond donors (Lipinski definition) is 1. The summed E-state index contributed by atoms with van der Waals surface area (Å²) in [5.74, 6) is 0.897. The van der Waals surface area contributed by atoms with E-state index in [1.165, 1.54) is 5.56 Å². The van der Waals surface area contributed by atoms with Gasteiger partial charge in [-0.05, 0) is 38.3 Å². The van der Waals surface area contributed by atoms with E-state index in [9.17, 15) is 0 Å². The van der Waals surface area contributed by atoms with Crippen molar-refractivity contribution in [2.24, 2.45) is 0 Å². The average molecular weight is 283 g/mol. The number of aromatic nitrogens is 2. The molecule has 1 N–H and O–H groups in total. The molecular formula is C18H25N3. The van der Waals surface area contributed by atoms with Gasteiger partial charge in [0.1, 0.15) is 5.69 Å². The van der Waals surface area contributed by atoms with Crippen LogP contribution in [-0.4, -0.2) is 16.5 Å². The van der Waals surface area contributed by atoms with Gasteiger partial charge < -0.3 is 5.32 Å². The third kappa shape index (κ3) is 3.81. The Morgan fingerprint density at radius 3 is 2.48 bits per heavy atom. The summed E-state index contributed by atoms with van der Waals surface area (Å²) < 4.78 is 0. The molecule has 1 heterocycles. The predicted molar refractivity (Wildman–Crippen MR) is 89.7 cm³/mol. The zero-order chi connectivity index (χ0) is 15.2. The van der Waals surface area contributed by atoms with Crippen molar-refractivity contribution < 1.29 is 0 Å². The number of nitrogens with zero attached hydrogens (tertiary/aromatic N) is 2. The van der Waals surface area contributed by atoms with Crippen LogP contribution < -0.4 is 5.32 Å². The third-order valence-electron chi connectivity index (χ3n) is 3.59. The van der Waals surface area contributed by atoms with Gasteiger partial charge >= 0.3 is 0 Å². The predicted octanol–water partition coefficient (Wildman–Crippen LogP) is 4.53. The molecule has 0 aliphatic heterocycles. The highest BCUT2D eigenvalue weighted by Crippen LogP contribution is 2.26. The molecule has 0 aliphatic rings. The first-order valence-corrected chi connectivity index (χ1v) is 7.84. The highest BCUT2D eigenvalue weighted by atomic mass is 15.0. The Labute approximate surface area is 127 Å². The molecule has 0 aliphatic carbocycles. The van der Waals surface area contributed by atoms with Gasteiger partial charge in [0, 0.05) is 12.1 Å². The first kappa shape index (κ1) is 15.5. The van der Waals surface area contributed by atoms with Crippen molar-refractivity contribution in [3.8, 4) is 11.3 Å². The van der Waals surface area contributed by atoms with Crippen LogP contribution in [0.2, 0.25) is 0 Å². The highest BCUT2D eigenvalue weighted by molar-refractivity contribution is 5.72. The molecule has 2 rings (SSSR count). The van der Waals surface area contributed by atoms with E-state index in [1.54, 1.807) is 0 Å². The Balaban J connectivity index is 2.45. The Bertz CT molecular complexity index is 605. The van der Waals surface area contributed by atoms with Gasteiger partial charge in [-0.2, -0.15) is 0 Å². The van der Waals surface area contributed by atoms with Crippen LogP contribution in [0.25, 0.3) is 11.3 Å². The average Bonchev–Trinajstić information content (AvgIpc) is 2.48. The Morgan fingerprint density at radius 1 is 1.00 bits per heavy atom. The summed E-state index contributed by atoms with van der Waals surface area (Å²) >= 11 is 0. The van der Waals surface area contributed by atoms with Crippen molar-refractivity contribution in [2.75, 3.05) is 11.9 Å². The fraction of sp³-hybridized carbons (Fsp3) is 0.444. The van der Waals surface area contributed by atoms with Gasteiger partial charge in [-0.1, -0.05) is 38.5 Å². The quantitative estimate of drug-likeness (QED) is 0.846. The van der Waals surface area contributed by atoms with E-state index in [1.807, 2.05) is 13.8 Å². The first-order valence-electron chi connectivity index (χ1n) is 7.84. The van der Waals surface area contributed by atoms with Gasteiger partial charge in [0.25, 0.3) is 0 Å². The minimum atomic E-state index is 0.897. The molecule has 0 amide bonds. The van der Waals surface area contributed by atoms with Crippen molar-refractivity contribution >= 4 is 5.82 Å². The van der Waals surface area contributed by atoms with Gasteiger partial charge in [-0.25, -0.2) is 9.97 Å². The van der Waals surface area contributed by atoms with Crippen LogP contribution >= 0.6 is 0 Å². The van der Waals surface area contributed by atoms with E-state index in [2.05, 4.69) is 48.4 Å². The SMILES string of the molecule is CCCNc1nc(C)c(C)nc1-c1cccc(CCC)c1. The van der Waals surface area contributed by atoms with Crippen molar-refractivity contribution in [2.45, 2.75) is 47.0 Å². The van der Waals surface area contributed by atoms with Crippen molar-refractivity contribution in [1.29, 1.82) is 0 Å². The molecule has 3 heteroatoms. The molecule has 0 saturated carbocycles. The maximum atomic E-state index is 4.77. The second-order valence-corrected chi connectivity index (χ2v) is 5.47. The van der Waals surface area contributed by atoms with Crippen molar-refractivity contribution in [3.63, 3.8) is 0 Å². The van der Waals surface area contributed by atoms with E-state index in [4.69, 9.17) is 4.98 Å². The standard InChI is InChI=1S/C18H25N3/c1-5-8-15-9-7-10-16(12-15)17-18(19-11-6-2)21-14(4)13(3)20-17/h7,9-10,12H,5-6,8,11H2,1-4H3,(H,19,21). The maximum Gasteiger partial charge on any atom is 0.152 e. The van der Waals surface area contributed by atoms with E-state index < -0.39 is 0 Å². The highest BCUT2D eigenvalue weighted by Gasteiger charge is 2.11. The van der Waals surface area contributed by atoms with E-state index >= 15 is 0 Å². The molecule has 0 fully saturated rings. The molecule has 1 aromatic carbocycles. The van der Waals surface area contributed by atoms with Gasteiger partial charge in [0.15, 0.2) is 5.82 Å². The summed E-state index contributed by atoms with van der Waals surface area (Å²) in [7, 11) is 0. The molecule has 112 valence electrons. The molecule has 0 spiro atoms. The number of benzene rings is 1. The van der Waals surface area contributed by atoms with E-state index in [0.29, 0.717) is 0 Å². The van der Waals surface area contributed by atoms with Gasteiger partial charge in [-0.15, -0.1) is 0 Å². The fourth-order valence-electron chi connectivity index (χ4n) is 2.33. The Kier molecular flexibility index (Phi) is 5.32. The maximum absolute atomic E-state index is 4.77. The molecule has 0 saturated heterocycles. The summed E-state index contributed by atoms with van der Waals surface area (Å²) in [6, 6.07) is 8.65. The molecule has 0 unspecified atom stereocenters. The summed E-state index contributed by atoms with van der Waals surface area (Å²) in [6.07, 6.45) is 3.33. The van der Waals surface area contributed by atoms with Crippen LogP contribution in [-0.2, 0) is 6.42 Å². The summed E-state index contributed by atoms with van der Waals surface area (Å²) in [4.78, 5) is 9.46. The second kappa shape index (κ2) is 7.21. The minimum Gasteiger partial charge on any atom is -0.368 e. The molecule has 21 heavy (non-hydrogen) atoms. The zero-order valence-corrected chi connectivity index (χ0v) is 13.5. The number of rotatable bonds is 6. The molecule has 1 aromatic heterocycles. The van der Waals surface area contributed by atoms with Crippen LogP contribution in [0.4, 0.5) is 5.82 Å². The Hall–Kier alpha value is -1.90. The first-order chi connectivity index (χ1) is 10.2. The smallest absolute Gasteiger partial charge is 0.152 e. The lowest BCUT2D eigenvalue weighted by atomic mass is 10.0. The van der Waals surface area contributed by atoms with Crippen LogP contribution in [0, 0.1) is 13.8 Å². The van der Waals surface area contributed by atoms with Gasteiger partial charge in [-0.3, -0.25) is 0 Å². The third-order valence-corrected chi connectivity index (χ3v) is 3.59. The monoisotopic (exact) mass is 283 g/mol. The van der Waals surface area contributed by atoms with Gasteiger partial charge in [0.2, 0.25) is 0 Å². The van der Waals surface area contributed by atoms with Crippen molar-refractivity contribution in [3.05, 3.63) is 41.2 Å². The van der Waals surface area contributed by atoms with Crippen molar-refractivity contribution in [1.82, 2.24) is 9.97 Å². The number of hydrogen-bond acceptors (Lipinski definition) is 3. The van der Waals surface area contributed by atoms with Crippen LogP contribution in [0.3, 0.4) is 0 Å². The topological polar surface area (TPSA) is 37.8 Å². The summed E-state index contributed by atoms with van der Waals surface area (Å²) in [6.45, 7) is 9.31. The molecule has 3 nitrogen and oxygen atoms in total. The number of nitrogens with one attached hydrogen (secondary N) is 1. The zero-order valence-electron chi connectivity index (χ0n) is 13.5. The number of anilines is 1. The molecule has 0 bridgehead atoms. The Morgan fingerprint density at radius 2 is 1.76 bits per heavy atom. The normalized spacial score (nSPS) is 10.7. The lowest BCUT2D eigenvalue weighted by Gasteiger charge is -2.13.